The van der Waals surface area contributed by atoms with Gasteiger partial charge in [-0.3, -0.25) is 4.79 Å². The average Bonchev–Trinajstić information content (AvgIpc) is 2.95. The molecule has 0 N–H and O–H groups in total. The largest absolute Gasteiger partial charge is 0.337 e. The van der Waals surface area contributed by atoms with Gasteiger partial charge in [0.1, 0.15) is 5.69 Å². The molecule has 84 valence electrons. The highest BCUT2D eigenvalue weighted by molar-refractivity contribution is 5.71. The van der Waals surface area contributed by atoms with Gasteiger partial charge in [0.15, 0.2) is 6.29 Å². The van der Waals surface area contributed by atoms with Crippen LogP contribution in [0.3, 0.4) is 0 Å². The molecule has 0 saturated carbocycles. The third kappa shape index (κ3) is 2.56. The van der Waals surface area contributed by atoms with Gasteiger partial charge in [0.2, 0.25) is 0 Å². The van der Waals surface area contributed by atoms with Gasteiger partial charge in [0.05, 0.1) is 18.9 Å². The fraction of sp³-hybridized carbons (Fsp3) is 0.364. The molecule has 0 aliphatic heterocycles. The Bertz CT molecular complexity index is 433. The maximum atomic E-state index is 10.6. The van der Waals surface area contributed by atoms with E-state index in [-0.39, 0.29) is 0 Å². The summed E-state index contributed by atoms with van der Waals surface area (Å²) in [4.78, 5) is 18.6. The minimum atomic E-state index is 0.641. The van der Waals surface area contributed by atoms with Crippen molar-refractivity contribution >= 4 is 6.29 Å². The molecule has 0 bridgehead atoms. The maximum Gasteiger partial charge on any atom is 0.168 e. The Morgan fingerprint density at radius 3 is 2.81 bits per heavy atom. The lowest BCUT2D eigenvalue weighted by Crippen LogP contribution is -2.02. The number of carbonyl (C=O) groups excluding carboxylic acids is 1. The van der Waals surface area contributed by atoms with Crippen LogP contribution in [0, 0.1) is 0 Å². The molecule has 0 aromatic carbocycles. The molecule has 16 heavy (non-hydrogen) atoms. The van der Waals surface area contributed by atoms with Gasteiger partial charge in [-0.15, -0.1) is 0 Å². The molecule has 2 aromatic rings. The molecule has 5 heteroatoms. The summed E-state index contributed by atoms with van der Waals surface area (Å²) in [6.45, 7) is 1.80. The first-order valence-corrected chi connectivity index (χ1v) is 5.31. The molecule has 0 fully saturated rings. The van der Waals surface area contributed by atoms with Crippen LogP contribution in [-0.2, 0) is 13.1 Å². The summed E-state index contributed by atoms with van der Waals surface area (Å²) in [6.07, 6.45) is 11.7. The lowest BCUT2D eigenvalue weighted by molar-refractivity contribution is 0.111. The zero-order valence-electron chi connectivity index (χ0n) is 8.99. The van der Waals surface area contributed by atoms with Crippen LogP contribution >= 0.6 is 0 Å². The second-order valence-corrected chi connectivity index (χ2v) is 3.64. The molecule has 0 radical (unpaired) electrons. The van der Waals surface area contributed by atoms with E-state index in [1.807, 2.05) is 17.1 Å². The lowest BCUT2D eigenvalue weighted by Gasteiger charge is -2.04. The van der Waals surface area contributed by atoms with Crippen molar-refractivity contribution in [3.63, 3.8) is 0 Å². The van der Waals surface area contributed by atoms with E-state index >= 15 is 0 Å². The van der Waals surface area contributed by atoms with Gasteiger partial charge >= 0.3 is 0 Å². The van der Waals surface area contributed by atoms with Crippen LogP contribution in [0.4, 0.5) is 0 Å². The third-order valence-corrected chi connectivity index (χ3v) is 2.49. The highest BCUT2D eigenvalue weighted by atomic mass is 16.1. The first kappa shape index (κ1) is 10.6. The van der Waals surface area contributed by atoms with E-state index in [9.17, 15) is 4.79 Å². The number of nitrogens with zero attached hydrogens (tertiary/aromatic N) is 4. The summed E-state index contributed by atoms with van der Waals surface area (Å²) in [5, 5.41) is 0. The fourth-order valence-electron chi connectivity index (χ4n) is 1.61. The minimum absolute atomic E-state index is 0.641. The van der Waals surface area contributed by atoms with Gasteiger partial charge in [0, 0.05) is 25.5 Å². The molecule has 2 heterocycles. The molecule has 0 amide bonds. The lowest BCUT2D eigenvalue weighted by atomic mass is 10.3. The van der Waals surface area contributed by atoms with Crippen LogP contribution in [0.25, 0.3) is 0 Å². The van der Waals surface area contributed by atoms with Crippen molar-refractivity contribution in [2.75, 3.05) is 0 Å². The zero-order chi connectivity index (χ0) is 11.2. The number of aryl methyl sites for hydroxylation is 2. The topological polar surface area (TPSA) is 52.7 Å². The van der Waals surface area contributed by atoms with Crippen LogP contribution in [0.5, 0.6) is 0 Å². The molecule has 2 rings (SSSR count). The van der Waals surface area contributed by atoms with Gasteiger partial charge in [0.25, 0.3) is 0 Å². The van der Waals surface area contributed by atoms with Gasteiger partial charge in [-0.2, -0.15) is 0 Å². The highest BCUT2D eigenvalue weighted by Crippen LogP contribution is 2.01. The molecule has 5 nitrogen and oxygen atoms in total. The average molecular weight is 218 g/mol. The zero-order valence-corrected chi connectivity index (χ0v) is 8.99. The summed E-state index contributed by atoms with van der Waals surface area (Å²) >= 11 is 0. The number of carbonyl (C=O) groups is 1. The Kier molecular flexibility index (Phi) is 3.48. The molecule has 0 saturated heterocycles. The second-order valence-electron chi connectivity index (χ2n) is 3.64. The van der Waals surface area contributed by atoms with Crippen molar-refractivity contribution in [2.24, 2.45) is 0 Å². The number of aldehydes is 1. The molecule has 0 spiro atoms. The Hall–Kier alpha value is -1.91. The summed E-state index contributed by atoms with van der Waals surface area (Å²) in [5.41, 5.74) is 0.641. The summed E-state index contributed by atoms with van der Waals surface area (Å²) in [5.74, 6) is 0. The van der Waals surface area contributed by atoms with E-state index in [2.05, 4.69) is 14.5 Å². The van der Waals surface area contributed by atoms with Gasteiger partial charge in [-0.1, -0.05) is 0 Å². The van der Waals surface area contributed by atoms with Crippen molar-refractivity contribution in [2.45, 2.75) is 25.9 Å². The predicted molar refractivity (Wildman–Crippen MR) is 59.1 cm³/mol. The first-order valence-electron chi connectivity index (χ1n) is 5.31. The Morgan fingerprint density at radius 2 is 2.06 bits per heavy atom. The molecule has 0 unspecified atom stereocenters. The van der Waals surface area contributed by atoms with Crippen LogP contribution < -0.4 is 0 Å². The van der Waals surface area contributed by atoms with Crippen LogP contribution in [-0.4, -0.2) is 25.4 Å². The van der Waals surface area contributed by atoms with Crippen molar-refractivity contribution in [3.05, 3.63) is 36.9 Å². The van der Waals surface area contributed by atoms with Crippen molar-refractivity contribution in [1.82, 2.24) is 19.1 Å². The van der Waals surface area contributed by atoms with E-state index in [4.69, 9.17) is 0 Å². The summed E-state index contributed by atoms with van der Waals surface area (Å²) < 4.78 is 3.93. The van der Waals surface area contributed by atoms with Gasteiger partial charge < -0.3 is 9.13 Å². The summed E-state index contributed by atoms with van der Waals surface area (Å²) in [7, 11) is 0. The highest BCUT2D eigenvalue weighted by Gasteiger charge is 1.99. The first-order chi connectivity index (χ1) is 7.90. The minimum Gasteiger partial charge on any atom is -0.337 e. The number of imidazole rings is 2. The van der Waals surface area contributed by atoms with E-state index in [0.717, 1.165) is 32.2 Å². The van der Waals surface area contributed by atoms with E-state index in [0.29, 0.717) is 5.69 Å². The number of aromatic nitrogens is 4. The van der Waals surface area contributed by atoms with E-state index in [1.54, 1.807) is 18.7 Å². The standard InChI is InChI=1S/C11H14N4O/c16-8-11-7-13-10-15(11)5-2-1-4-14-6-3-12-9-14/h3,6-10H,1-2,4-5H2. The number of hydrogen-bond acceptors (Lipinski definition) is 3. The summed E-state index contributed by atoms with van der Waals surface area (Å²) in [6, 6.07) is 0. The predicted octanol–water partition coefficient (Wildman–Crippen LogP) is 1.37. The smallest absolute Gasteiger partial charge is 0.168 e. The molecule has 0 aliphatic rings. The fourth-order valence-corrected chi connectivity index (χ4v) is 1.61. The molecular formula is C11H14N4O. The SMILES string of the molecule is O=Cc1cncn1CCCCn1ccnc1. The second kappa shape index (κ2) is 5.25. The molecule has 0 atom stereocenters. The monoisotopic (exact) mass is 218 g/mol. The Balaban J connectivity index is 1.74. The van der Waals surface area contributed by atoms with Crippen LogP contribution in [0.2, 0.25) is 0 Å². The van der Waals surface area contributed by atoms with Gasteiger partial charge in [-0.05, 0) is 12.8 Å². The quantitative estimate of drug-likeness (QED) is 0.543. The van der Waals surface area contributed by atoms with Crippen LogP contribution in [0.15, 0.2) is 31.2 Å². The van der Waals surface area contributed by atoms with E-state index in [1.165, 1.54) is 0 Å². The number of unbranched alkanes of at least 4 members (excludes halogenated alkanes) is 1. The van der Waals surface area contributed by atoms with E-state index < -0.39 is 0 Å². The van der Waals surface area contributed by atoms with Gasteiger partial charge in [-0.25, -0.2) is 9.97 Å². The maximum absolute atomic E-state index is 10.6. The molecule has 2 aromatic heterocycles. The third-order valence-electron chi connectivity index (χ3n) is 2.49. The molecule has 0 aliphatic carbocycles. The number of hydrogen-bond donors (Lipinski definition) is 0. The normalized spacial score (nSPS) is 10.5. The Labute approximate surface area is 93.8 Å². The van der Waals surface area contributed by atoms with Crippen molar-refractivity contribution in [3.8, 4) is 0 Å². The van der Waals surface area contributed by atoms with Crippen molar-refractivity contribution in [1.29, 1.82) is 0 Å². The van der Waals surface area contributed by atoms with Crippen molar-refractivity contribution < 1.29 is 4.79 Å². The molecular weight excluding hydrogens is 204 g/mol. The van der Waals surface area contributed by atoms with Crippen LogP contribution in [0.1, 0.15) is 23.3 Å². The Morgan fingerprint density at radius 1 is 1.19 bits per heavy atom. The number of rotatable bonds is 6.